The lowest BCUT2D eigenvalue weighted by Gasteiger charge is -2.12. The number of Topliss-reactive ketones (excluding diaryl/α,β-unsaturated/α-hetero) is 1. The van der Waals surface area contributed by atoms with Gasteiger partial charge in [0.1, 0.15) is 0 Å². The van der Waals surface area contributed by atoms with Gasteiger partial charge in [0.2, 0.25) is 0 Å². The van der Waals surface area contributed by atoms with Crippen molar-refractivity contribution in [1.29, 1.82) is 0 Å². The molecule has 0 radical (unpaired) electrons. The maximum absolute atomic E-state index is 12.0. The molecule has 0 saturated carbocycles. The third-order valence-corrected chi connectivity index (χ3v) is 2.93. The van der Waals surface area contributed by atoms with Gasteiger partial charge in [-0.15, -0.1) is 0 Å². The summed E-state index contributed by atoms with van der Waals surface area (Å²) in [5.41, 5.74) is 3.70. The molecule has 2 aromatic carbocycles. The maximum atomic E-state index is 12.0. The van der Waals surface area contributed by atoms with Crippen molar-refractivity contribution in [1.82, 2.24) is 0 Å². The fourth-order valence-electron chi connectivity index (χ4n) is 2.11. The van der Waals surface area contributed by atoms with E-state index in [9.17, 15) is 4.79 Å². The van der Waals surface area contributed by atoms with Crippen LogP contribution in [0.1, 0.15) is 16.8 Å². The van der Waals surface area contributed by atoms with Gasteiger partial charge in [-0.3, -0.25) is 9.79 Å². The molecule has 0 aromatic heterocycles. The first-order valence-corrected chi connectivity index (χ1v) is 5.60. The summed E-state index contributed by atoms with van der Waals surface area (Å²) in [6.07, 6.45) is 2.06. The summed E-state index contributed by atoms with van der Waals surface area (Å²) in [7, 11) is 0. The van der Waals surface area contributed by atoms with Gasteiger partial charge in [-0.05, 0) is 11.6 Å². The smallest absolute Gasteiger partial charge is 0.168 e. The summed E-state index contributed by atoms with van der Waals surface area (Å²) in [5, 5.41) is 0. The molecular weight excluding hydrogens is 210 g/mol. The summed E-state index contributed by atoms with van der Waals surface area (Å²) in [5.74, 6) is 0.124. The van der Waals surface area contributed by atoms with Crippen LogP contribution in [0, 0.1) is 0 Å². The fraction of sp³-hybridized carbons (Fsp3) is 0.0667. The van der Waals surface area contributed by atoms with E-state index in [2.05, 4.69) is 4.99 Å². The highest BCUT2D eigenvalue weighted by Gasteiger charge is 2.15. The van der Waals surface area contributed by atoms with E-state index in [4.69, 9.17) is 0 Å². The molecule has 0 atom stereocenters. The fourth-order valence-corrected chi connectivity index (χ4v) is 2.11. The third-order valence-electron chi connectivity index (χ3n) is 2.93. The monoisotopic (exact) mass is 221 g/mol. The quantitative estimate of drug-likeness (QED) is 0.667. The number of nitrogens with zero attached hydrogens (tertiary/aromatic N) is 1. The number of carbonyl (C=O) groups excluding carboxylic acids is 1. The van der Waals surface area contributed by atoms with Crippen LogP contribution in [0.5, 0.6) is 0 Å². The number of aliphatic imine (C=N–C) groups is 1. The molecule has 0 fully saturated rings. The molecule has 0 aliphatic carbocycles. The number of ketones is 1. The molecule has 2 aromatic rings. The second kappa shape index (κ2) is 3.98. The number of carbonyl (C=O) groups is 1. The van der Waals surface area contributed by atoms with Crippen LogP contribution in [-0.4, -0.2) is 12.0 Å². The van der Waals surface area contributed by atoms with E-state index in [-0.39, 0.29) is 5.78 Å². The van der Waals surface area contributed by atoms with E-state index in [1.807, 2.05) is 48.5 Å². The Morgan fingerprint density at radius 1 is 0.824 bits per heavy atom. The lowest BCUT2D eigenvalue weighted by Crippen LogP contribution is -2.03. The van der Waals surface area contributed by atoms with Gasteiger partial charge in [-0.1, -0.05) is 42.5 Å². The van der Waals surface area contributed by atoms with Crippen molar-refractivity contribution in [2.45, 2.75) is 6.42 Å². The highest BCUT2D eigenvalue weighted by molar-refractivity contribution is 6.10. The summed E-state index contributed by atoms with van der Waals surface area (Å²) in [6, 6.07) is 15.6. The summed E-state index contributed by atoms with van der Waals surface area (Å²) < 4.78 is 0. The average Bonchev–Trinajstić information content (AvgIpc) is 2.37. The van der Waals surface area contributed by atoms with E-state index in [0.717, 1.165) is 22.4 Å². The Bertz CT molecular complexity index is 614. The Labute approximate surface area is 99.6 Å². The predicted octanol–water partition coefficient (Wildman–Crippen LogP) is 3.64. The molecule has 0 spiro atoms. The van der Waals surface area contributed by atoms with Gasteiger partial charge in [0.25, 0.3) is 0 Å². The molecule has 82 valence electrons. The zero-order valence-electron chi connectivity index (χ0n) is 9.26. The Morgan fingerprint density at radius 3 is 2.29 bits per heavy atom. The molecule has 0 unspecified atom stereocenters. The van der Waals surface area contributed by atoms with Gasteiger partial charge in [-0.25, -0.2) is 0 Å². The summed E-state index contributed by atoms with van der Waals surface area (Å²) in [6.45, 7) is 0. The molecule has 1 aliphatic rings. The zero-order valence-corrected chi connectivity index (χ0v) is 9.26. The van der Waals surface area contributed by atoms with Crippen LogP contribution >= 0.6 is 0 Å². The Kier molecular flexibility index (Phi) is 2.33. The first kappa shape index (κ1) is 9.97. The van der Waals surface area contributed by atoms with E-state index in [1.165, 1.54) is 0 Å². The summed E-state index contributed by atoms with van der Waals surface area (Å²) >= 11 is 0. The predicted molar refractivity (Wildman–Crippen MR) is 69.0 cm³/mol. The van der Waals surface area contributed by atoms with Crippen LogP contribution in [0.2, 0.25) is 0 Å². The molecule has 0 bridgehead atoms. The zero-order chi connectivity index (χ0) is 11.7. The molecular formula is C15H11NO. The minimum atomic E-state index is 0.124. The third kappa shape index (κ3) is 1.68. The highest BCUT2D eigenvalue weighted by atomic mass is 16.1. The number of para-hydroxylation sites is 1. The second-order valence-electron chi connectivity index (χ2n) is 4.00. The molecule has 2 heteroatoms. The van der Waals surface area contributed by atoms with Crippen molar-refractivity contribution in [3.63, 3.8) is 0 Å². The highest BCUT2D eigenvalue weighted by Crippen LogP contribution is 2.33. The molecule has 3 rings (SSSR count). The van der Waals surface area contributed by atoms with Gasteiger partial charge in [0.15, 0.2) is 5.78 Å². The van der Waals surface area contributed by atoms with Crippen LogP contribution in [0.4, 0.5) is 5.69 Å². The molecule has 0 saturated heterocycles. The van der Waals surface area contributed by atoms with Crippen LogP contribution in [0.15, 0.2) is 53.5 Å². The van der Waals surface area contributed by atoms with Crippen LogP contribution in [-0.2, 0) is 0 Å². The van der Waals surface area contributed by atoms with Crippen molar-refractivity contribution in [3.8, 4) is 11.1 Å². The van der Waals surface area contributed by atoms with E-state index in [0.29, 0.717) is 6.42 Å². The molecule has 0 amide bonds. The lowest BCUT2D eigenvalue weighted by molar-refractivity contribution is 0.100. The molecule has 2 nitrogen and oxygen atoms in total. The van der Waals surface area contributed by atoms with Crippen molar-refractivity contribution < 1.29 is 4.79 Å². The van der Waals surface area contributed by atoms with Crippen LogP contribution in [0.25, 0.3) is 11.1 Å². The normalized spacial score (nSPS) is 13.5. The van der Waals surface area contributed by atoms with E-state index < -0.39 is 0 Å². The standard InChI is InChI=1S/C15H11NO/c17-15-9-10-16-14-8-4-3-6-12(14)11-5-1-2-7-13(11)15/h1-8,10H,9H2. The van der Waals surface area contributed by atoms with Crippen molar-refractivity contribution in [2.24, 2.45) is 4.99 Å². The minimum absolute atomic E-state index is 0.124. The van der Waals surface area contributed by atoms with Gasteiger partial charge >= 0.3 is 0 Å². The Balaban J connectivity index is 2.34. The van der Waals surface area contributed by atoms with Gasteiger partial charge in [0, 0.05) is 23.8 Å². The van der Waals surface area contributed by atoms with Crippen LogP contribution in [0.3, 0.4) is 0 Å². The Morgan fingerprint density at radius 2 is 1.47 bits per heavy atom. The van der Waals surface area contributed by atoms with Crippen molar-refractivity contribution >= 4 is 17.7 Å². The van der Waals surface area contributed by atoms with Gasteiger partial charge in [0.05, 0.1) is 5.69 Å². The number of rotatable bonds is 0. The number of hydrogen-bond acceptors (Lipinski definition) is 2. The molecule has 0 N–H and O–H groups in total. The van der Waals surface area contributed by atoms with Crippen molar-refractivity contribution in [3.05, 3.63) is 54.1 Å². The van der Waals surface area contributed by atoms with E-state index >= 15 is 0 Å². The lowest BCUT2D eigenvalue weighted by atomic mass is 9.94. The number of fused-ring (bicyclic) bond motifs is 3. The molecule has 17 heavy (non-hydrogen) atoms. The Hall–Kier alpha value is -2.22. The first-order valence-electron chi connectivity index (χ1n) is 5.60. The largest absolute Gasteiger partial charge is 0.294 e. The average molecular weight is 221 g/mol. The number of benzene rings is 2. The molecule has 1 heterocycles. The minimum Gasteiger partial charge on any atom is -0.294 e. The second-order valence-corrected chi connectivity index (χ2v) is 4.00. The van der Waals surface area contributed by atoms with Gasteiger partial charge in [-0.2, -0.15) is 0 Å². The topological polar surface area (TPSA) is 29.4 Å². The number of hydrogen-bond donors (Lipinski definition) is 0. The maximum Gasteiger partial charge on any atom is 0.168 e. The molecule has 1 aliphatic heterocycles. The van der Waals surface area contributed by atoms with Crippen molar-refractivity contribution in [2.75, 3.05) is 0 Å². The summed E-state index contributed by atoms with van der Waals surface area (Å²) in [4.78, 5) is 16.3. The van der Waals surface area contributed by atoms with Crippen LogP contribution < -0.4 is 0 Å². The van der Waals surface area contributed by atoms with Gasteiger partial charge < -0.3 is 0 Å². The first-order chi connectivity index (χ1) is 8.36. The van der Waals surface area contributed by atoms with E-state index in [1.54, 1.807) is 6.21 Å². The SMILES string of the molecule is O=C1CC=Nc2ccccc2-c2ccccc21.